The topological polar surface area (TPSA) is 92.5 Å². The van der Waals surface area contributed by atoms with Gasteiger partial charge < -0.3 is 25.1 Å². The zero-order chi connectivity index (χ0) is 23.8. The van der Waals surface area contributed by atoms with E-state index in [1.54, 1.807) is 6.07 Å². The number of rotatable bonds is 5. The summed E-state index contributed by atoms with van der Waals surface area (Å²) in [6.07, 6.45) is 4.37. The van der Waals surface area contributed by atoms with Crippen molar-refractivity contribution in [3.8, 4) is 5.75 Å². The zero-order valence-corrected chi connectivity index (χ0v) is 20.3. The Labute approximate surface area is 195 Å². The van der Waals surface area contributed by atoms with Gasteiger partial charge in [0.25, 0.3) is 11.5 Å². The highest BCUT2D eigenvalue weighted by Crippen LogP contribution is 2.42. The number of hydrogen-bond donors (Lipinski definition) is 3. The van der Waals surface area contributed by atoms with Crippen molar-refractivity contribution in [2.24, 2.45) is 5.92 Å². The Balaban J connectivity index is 1.47. The third kappa shape index (κ3) is 4.70. The fraction of sp³-hybridized carbons (Fsp3) is 0.538. The van der Waals surface area contributed by atoms with Gasteiger partial charge in [-0.3, -0.25) is 9.59 Å². The van der Waals surface area contributed by atoms with Crippen LogP contribution < -0.4 is 20.9 Å². The summed E-state index contributed by atoms with van der Waals surface area (Å²) in [5, 5.41) is 6.27. The number of benzene rings is 1. The van der Waals surface area contributed by atoms with Crippen molar-refractivity contribution in [2.45, 2.75) is 78.4 Å². The number of fused-ring (bicyclic) bond motifs is 1. The van der Waals surface area contributed by atoms with E-state index in [9.17, 15) is 9.59 Å². The molecule has 0 bridgehead atoms. The molecule has 1 aliphatic carbocycles. The first-order valence-corrected chi connectivity index (χ1v) is 11.8. The van der Waals surface area contributed by atoms with Crippen molar-refractivity contribution in [3.05, 3.63) is 62.1 Å². The molecule has 33 heavy (non-hydrogen) atoms. The smallest absolute Gasteiger partial charge is 0.253 e. The molecular weight excluding hydrogens is 418 g/mol. The Morgan fingerprint density at radius 2 is 1.91 bits per heavy atom. The van der Waals surface area contributed by atoms with Gasteiger partial charge in [0.15, 0.2) is 0 Å². The molecule has 2 aromatic rings. The first-order valence-electron chi connectivity index (χ1n) is 11.8. The summed E-state index contributed by atoms with van der Waals surface area (Å²) in [5.74, 6) is 0.272. The van der Waals surface area contributed by atoms with Gasteiger partial charge in [-0.05, 0) is 82.8 Å². The second-order valence-corrected chi connectivity index (χ2v) is 9.58. The van der Waals surface area contributed by atoms with Crippen molar-refractivity contribution in [3.63, 3.8) is 0 Å². The molecule has 0 saturated heterocycles. The summed E-state index contributed by atoms with van der Waals surface area (Å²) in [6, 6.07) is 6.16. The molecule has 2 aliphatic rings. The summed E-state index contributed by atoms with van der Waals surface area (Å²) in [5.41, 5.74) is 4.40. The average Bonchev–Trinajstić information content (AvgIpc) is 2.78. The number of aromatic nitrogens is 1. The van der Waals surface area contributed by atoms with E-state index < -0.39 is 5.79 Å². The van der Waals surface area contributed by atoms with E-state index in [2.05, 4.69) is 15.6 Å². The maximum atomic E-state index is 12.9. The van der Waals surface area contributed by atoms with Crippen molar-refractivity contribution < 1.29 is 14.3 Å². The Morgan fingerprint density at radius 1 is 1.18 bits per heavy atom. The molecule has 178 valence electrons. The molecule has 1 fully saturated rings. The number of amides is 1. The van der Waals surface area contributed by atoms with Gasteiger partial charge in [0, 0.05) is 47.8 Å². The molecule has 0 radical (unpaired) electrons. The Kier molecular flexibility index (Phi) is 6.64. The largest absolute Gasteiger partial charge is 0.462 e. The Morgan fingerprint density at radius 3 is 2.58 bits per heavy atom. The first kappa shape index (κ1) is 23.5. The number of carbonyl (C=O) groups excluding carboxylic acids is 1. The summed E-state index contributed by atoms with van der Waals surface area (Å²) in [6.45, 7) is 8.28. The molecule has 4 rings (SSSR count). The van der Waals surface area contributed by atoms with E-state index in [4.69, 9.17) is 9.47 Å². The van der Waals surface area contributed by atoms with Crippen LogP contribution in [0.4, 0.5) is 0 Å². The average molecular weight is 454 g/mol. The Bertz CT molecular complexity index is 1100. The second-order valence-electron chi connectivity index (χ2n) is 9.58. The van der Waals surface area contributed by atoms with Gasteiger partial charge in [-0.2, -0.15) is 0 Å². The number of aryl methyl sites for hydroxylation is 2. The summed E-state index contributed by atoms with van der Waals surface area (Å²) >= 11 is 0. The lowest BCUT2D eigenvalue weighted by molar-refractivity contribution is -0.231. The van der Waals surface area contributed by atoms with Gasteiger partial charge in [-0.25, -0.2) is 0 Å². The number of aromatic amines is 1. The molecule has 7 heteroatoms. The first-order chi connectivity index (χ1) is 15.7. The standard InChI is InChI=1S/C26H35N3O4/c1-15-12-16(2)29-25(31)21(15)13-28-24(30)20-10-11-23-22(17(20)3)14-32-26(4,33-23)18-6-8-19(27-5)9-7-18/h10-12,18-19,27H,6-9,13-14H2,1-5H3,(H,28,30)(H,29,31). The normalized spacial score (nSPS) is 24.6. The van der Waals surface area contributed by atoms with Gasteiger partial charge in [-0.15, -0.1) is 0 Å². The van der Waals surface area contributed by atoms with Gasteiger partial charge in [0.2, 0.25) is 5.79 Å². The zero-order valence-electron chi connectivity index (χ0n) is 20.3. The van der Waals surface area contributed by atoms with Gasteiger partial charge in [-0.1, -0.05) is 0 Å². The molecule has 1 atom stereocenters. The maximum absolute atomic E-state index is 12.9. The van der Waals surface area contributed by atoms with Crippen LogP contribution in [0.25, 0.3) is 0 Å². The van der Waals surface area contributed by atoms with Crippen molar-refractivity contribution in [1.82, 2.24) is 15.6 Å². The monoisotopic (exact) mass is 453 g/mol. The predicted molar refractivity (Wildman–Crippen MR) is 128 cm³/mol. The van der Waals surface area contributed by atoms with Crippen molar-refractivity contribution in [1.29, 1.82) is 0 Å². The van der Waals surface area contributed by atoms with Crippen LogP contribution in [0.1, 0.15) is 70.9 Å². The molecule has 1 aromatic heterocycles. The van der Waals surface area contributed by atoms with Crippen molar-refractivity contribution >= 4 is 5.91 Å². The second kappa shape index (κ2) is 9.31. The van der Waals surface area contributed by atoms with Crippen LogP contribution in [0.15, 0.2) is 23.0 Å². The lowest BCUT2D eigenvalue weighted by Gasteiger charge is -2.44. The number of H-pyrrole nitrogens is 1. The fourth-order valence-corrected chi connectivity index (χ4v) is 5.19. The number of carbonyl (C=O) groups is 1. The lowest BCUT2D eigenvalue weighted by atomic mass is 9.81. The van der Waals surface area contributed by atoms with E-state index in [0.717, 1.165) is 53.8 Å². The lowest BCUT2D eigenvalue weighted by Crippen LogP contribution is -2.48. The minimum absolute atomic E-state index is 0.167. The summed E-state index contributed by atoms with van der Waals surface area (Å²) < 4.78 is 12.7. The van der Waals surface area contributed by atoms with E-state index in [-0.39, 0.29) is 18.0 Å². The number of nitrogens with one attached hydrogen (secondary N) is 3. The van der Waals surface area contributed by atoms with Crippen LogP contribution in [-0.4, -0.2) is 29.8 Å². The third-order valence-corrected chi connectivity index (χ3v) is 7.41. The van der Waals surface area contributed by atoms with E-state index in [1.807, 2.05) is 46.9 Å². The van der Waals surface area contributed by atoms with Gasteiger partial charge in [0.1, 0.15) is 5.75 Å². The fourth-order valence-electron chi connectivity index (χ4n) is 5.19. The molecular formula is C26H35N3O4. The van der Waals surface area contributed by atoms with E-state index in [0.29, 0.717) is 29.7 Å². The maximum Gasteiger partial charge on any atom is 0.253 e. The van der Waals surface area contributed by atoms with E-state index in [1.165, 1.54) is 0 Å². The van der Waals surface area contributed by atoms with Crippen LogP contribution in [0, 0.1) is 26.7 Å². The quantitative estimate of drug-likeness (QED) is 0.643. The molecule has 1 unspecified atom stereocenters. The highest BCUT2D eigenvalue weighted by molar-refractivity contribution is 5.96. The molecule has 3 N–H and O–H groups in total. The molecule has 1 amide bonds. The number of ether oxygens (including phenoxy) is 2. The van der Waals surface area contributed by atoms with E-state index >= 15 is 0 Å². The molecule has 7 nitrogen and oxygen atoms in total. The number of pyridine rings is 1. The van der Waals surface area contributed by atoms with Crippen LogP contribution in [0.5, 0.6) is 5.75 Å². The summed E-state index contributed by atoms with van der Waals surface area (Å²) in [4.78, 5) is 28.0. The Hall–Kier alpha value is -2.64. The third-order valence-electron chi connectivity index (χ3n) is 7.41. The number of hydrogen-bond acceptors (Lipinski definition) is 5. The minimum atomic E-state index is -0.647. The molecule has 1 aromatic carbocycles. The SMILES string of the molecule is CNC1CCC(C2(C)OCc3c(ccc(C(=O)NCc4c(C)cc(C)[nH]c4=O)c3C)O2)CC1. The van der Waals surface area contributed by atoms with Crippen molar-refractivity contribution in [2.75, 3.05) is 7.05 Å². The molecule has 1 saturated carbocycles. The van der Waals surface area contributed by atoms with Gasteiger partial charge >= 0.3 is 0 Å². The highest BCUT2D eigenvalue weighted by Gasteiger charge is 2.42. The van der Waals surface area contributed by atoms with Crippen LogP contribution in [-0.2, 0) is 17.9 Å². The molecule has 2 heterocycles. The molecule has 0 spiro atoms. The minimum Gasteiger partial charge on any atom is -0.462 e. The van der Waals surface area contributed by atoms with Crippen LogP contribution >= 0.6 is 0 Å². The van der Waals surface area contributed by atoms with Crippen LogP contribution in [0.2, 0.25) is 0 Å². The van der Waals surface area contributed by atoms with Crippen LogP contribution in [0.3, 0.4) is 0 Å². The van der Waals surface area contributed by atoms with Gasteiger partial charge in [0.05, 0.1) is 6.61 Å². The molecule has 1 aliphatic heterocycles. The summed E-state index contributed by atoms with van der Waals surface area (Å²) in [7, 11) is 2.02. The highest BCUT2D eigenvalue weighted by atomic mass is 16.7. The predicted octanol–water partition coefficient (Wildman–Crippen LogP) is 3.63.